The summed E-state index contributed by atoms with van der Waals surface area (Å²) in [5, 5.41) is 11.8. The van der Waals surface area contributed by atoms with Crippen LogP contribution in [0.2, 0.25) is 0 Å². The number of oxazole rings is 1. The van der Waals surface area contributed by atoms with Gasteiger partial charge in [-0.1, -0.05) is 30.3 Å². The molecule has 1 saturated carbocycles. The molecule has 6 heteroatoms. The van der Waals surface area contributed by atoms with Crippen molar-refractivity contribution >= 4 is 11.9 Å². The van der Waals surface area contributed by atoms with Gasteiger partial charge in [0.05, 0.1) is 11.7 Å². The second-order valence-corrected chi connectivity index (χ2v) is 6.11. The summed E-state index contributed by atoms with van der Waals surface area (Å²) in [4.78, 5) is 27.8. The third-order valence-corrected chi connectivity index (χ3v) is 4.10. The fraction of sp³-hybridized carbons (Fsp3) is 0.389. The van der Waals surface area contributed by atoms with Crippen LogP contribution in [0.1, 0.15) is 65.3 Å². The van der Waals surface area contributed by atoms with E-state index in [4.69, 9.17) is 9.52 Å². The van der Waals surface area contributed by atoms with E-state index in [0.717, 1.165) is 18.4 Å². The van der Waals surface area contributed by atoms with E-state index in [2.05, 4.69) is 10.3 Å². The Morgan fingerprint density at radius 2 is 2.04 bits per heavy atom. The Morgan fingerprint density at radius 3 is 2.67 bits per heavy atom. The standard InChI is InChI=1S/C18H20N2O4/c1-11-16(24-18(19-11)13-7-8-13)17(23)20-14(9-10-15(21)22)12-5-3-2-4-6-12/h2-6,13-14H,7-10H2,1H3,(H,20,23)(H,21,22). The number of carbonyl (C=O) groups is 2. The van der Waals surface area contributed by atoms with Gasteiger partial charge in [0.15, 0.2) is 5.89 Å². The number of carboxylic acids is 1. The molecule has 2 aromatic rings. The molecule has 1 unspecified atom stereocenters. The minimum Gasteiger partial charge on any atom is -0.481 e. The molecule has 1 aliphatic carbocycles. The van der Waals surface area contributed by atoms with Crippen molar-refractivity contribution in [1.82, 2.24) is 10.3 Å². The average Bonchev–Trinajstić information content (AvgIpc) is 3.34. The number of amides is 1. The third-order valence-electron chi connectivity index (χ3n) is 4.10. The lowest BCUT2D eigenvalue weighted by Crippen LogP contribution is -2.29. The van der Waals surface area contributed by atoms with Crippen molar-refractivity contribution in [2.24, 2.45) is 0 Å². The molecular weight excluding hydrogens is 308 g/mol. The molecule has 0 bridgehead atoms. The third kappa shape index (κ3) is 3.82. The van der Waals surface area contributed by atoms with Crippen molar-refractivity contribution in [3.8, 4) is 0 Å². The smallest absolute Gasteiger partial charge is 0.303 e. The van der Waals surface area contributed by atoms with Crippen molar-refractivity contribution in [2.45, 2.75) is 44.6 Å². The summed E-state index contributed by atoms with van der Waals surface area (Å²) < 4.78 is 5.62. The zero-order chi connectivity index (χ0) is 17.1. The number of carbonyl (C=O) groups excluding carboxylic acids is 1. The van der Waals surface area contributed by atoms with Gasteiger partial charge in [-0.3, -0.25) is 9.59 Å². The highest BCUT2D eigenvalue weighted by Gasteiger charge is 2.31. The van der Waals surface area contributed by atoms with Gasteiger partial charge in [-0.15, -0.1) is 0 Å². The van der Waals surface area contributed by atoms with E-state index in [1.54, 1.807) is 6.92 Å². The first-order chi connectivity index (χ1) is 11.5. The predicted octanol–water partition coefficient (Wildman–Crippen LogP) is 3.20. The summed E-state index contributed by atoms with van der Waals surface area (Å²) in [6, 6.07) is 8.96. The van der Waals surface area contributed by atoms with Gasteiger partial charge >= 0.3 is 5.97 Å². The molecule has 0 radical (unpaired) electrons. The van der Waals surface area contributed by atoms with E-state index < -0.39 is 5.97 Å². The summed E-state index contributed by atoms with van der Waals surface area (Å²) in [6.07, 6.45) is 2.38. The van der Waals surface area contributed by atoms with E-state index in [1.807, 2.05) is 30.3 Å². The summed E-state index contributed by atoms with van der Waals surface area (Å²) in [6.45, 7) is 1.75. The number of hydrogen-bond acceptors (Lipinski definition) is 4. The molecule has 24 heavy (non-hydrogen) atoms. The summed E-state index contributed by atoms with van der Waals surface area (Å²) in [5.41, 5.74) is 1.44. The van der Waals surface area contributed by atoms with E-state index in [0.29, 0.717) is 23.9 Å². The van der Waals surface area contributed by atoms with Gasteiger partial charge in [-0.25, -0.2) is 4.98 Å². The highest BCUT2D eigenvalue weighted by atomic mass is 16.4. The van der Waals surface area contributed by atoms with Crippen LogP contribution < -0.4 is 5.32 Å². The van der Waals surface area contributed by atoms with Gasteiger partial charge in [0.25, 0.3) is 5.91 Å². The van der Waals surface area contributed by atoms with E-state index >= 15 is 0 Å². The largest absolute Gasteiger partial charge is 0.481 e. The van der Waals surface area contributed by atoms with Crippen LogP contribution >= 0.6 is 0 Å². The van der Waals surface area contributed by atoms with Crippen molar-refractivity contribution < 1.29 is 19.1 Å². The number of rotatable bonds is 7. The Morgan fingerprint density at radius 1 is 1.33 bits per heavy atom. The molecule has 0 spiro atoms. The van der Waals surface area contributed by atoms with Crippen LogP contribution in [0.3, 0.4) is 0 Å². The maximum atomic E-state index is 12.6. The van der Waals surface area contributed by atoms with Crippen LogP contribution in [-0.2, 0) is 4.79 Å². The van der Waals surface area contributed by atoms with Crippen molar-refractivity contribution in [2.75, 3.05) is 0 Å². The van der Waals surface area contributed by atoms with Gasteiger partial charge in [-0.05, 0) is 31.7 Å². The van der Waals surface area contributed by atoms with Gasteiger partial charge < -0.3 is 14.8 Å². The Balaban J connectivity index is 1.76. The molecule has 1 fully saturated rings. The van der Waals surface area contributed by atoms with Crippen molar-refractivity contribution in [3.63, 3.8) is 0 Å². The van der Waals surface area contributed by atoms with Gasteiger partial charge in [0, 0.05) is 12.3 Å². The van der Waals surface area contributed by atoms with E-state index in [-0.39, 0.29) is 24.1 Å². The van der Waals surface area contributed by atoms with E-state index in [9.17, 15) is 9.59 Å². The second-order valence-electron chi connectivity index (χ2n) is 6.11. The van der Waals surface area contributed by atoms with Crippen LogP contribution in [-0.4, -0.2) is 22.0 Å². The van der Waals surface area contributed by atoms with E-state index in [1.165, 1.54) is 0 Å². The SMILES string of the molecule is Cc1nc(C2CC2)oc1C(=O)NC(CCC(=O)O)c1ccccc1. The molecule has 1 aromatic heterocycles. The topological polar surface area (TPSA) is 92.4 Å². The maximum Gasteiger partial charge on any atom is 0.303 e. The molecule has 1 heterocycles. The van der Waals surface area contributed by atoms with Crippen molar-refractivity contribution in [1.29, 1.82) is 0 Å². The lowest BCUT2D eigenvalue weighted by Gasteiger charge is -2.18. The second kappa shape index (κ2) is 6.86. The molecular formula is C18H20N2O4. The number of hydrogen-bond donors (Lipinski definition) is 2. The van der Waals surface area contributed by atoms with Gasteiger partial charge in [0.1, 0.15) is 0 Å². The zero-order valence-electron chi connectivity index (χ0n) is 13.5. The van der Waals surface area contributed by atoms with Gasteiger partial charge in [-0.2, -0.15) is 0 Å². The maximum absolute atomic E-state index is 12.6. The van der Waals surface area contributed by atoms with Crippen molar-refractivity contribution in [3.05, 3.63) is 53.2 Å². The van der Waals surface area contributed by atoms with Crippen LogP contribution in [0.25, 0.3) is 0 Å². The predicted molar refractivity (Wildman–Crippen MR) is 86.7 cm³/mol. The highest BCUT2D eigenvalue weighted by molar-refractivity contribution is 5.92. The minimum atomic E-state index is -0.892. The average molecular weight is 328 g/mol. The highest BCUT2D eigenvalue weighted by Crippen LogP contribution is 2.40. The van der Waals surface area contributed by atoms with Crippen LogP contribution in [0.15, 0.2) is 34.7 Å². The van der Waals surface area contributed by atoms with Crippen LogP contribution in [0.5, 0.6) is 0 Å². The zero-order valence-corrected chi connectivity index (χ0v) is 13.5. The normalized spacial score (nSPS) is 15.0. The molecule has 1 aromatic carbocycles. The fourth-order valence-corrected chi connectivity index (χ4v) is 2.63. The van der Waals surface area contributed by atoms with Crippen LogP contribution in [0, 0.1) is 6.92 Å². The lowest BCUT2D eigenvalue weighted by atomic mass is 10.0. The molecule has 1 aliphatic rings. The van der Waals surface area contributed by atoms with Crippen LogP contribution in [0.4, 0.5) is 0 Å². The number of aliphatic carboxylic acids is 1. The number of aromatic nitrogens is 1. The first kappa shape index (κ1) is 16.2. The Kier molecular flexibility index (Phi) is 4.64. The number of nitrogens with one attached hydrogen (secondary N) is 1. The summed E-state index contributed by atoms with van der Waals surface area (Å²) >= 11 is 0. The Labute approximate surface area is 139 Å². The molecule has 1 atom stereocenters. The summed E-state index contributed by atoms with van der Waals surface area (Å²) in [5.74, 6) is -0.0713. The lowest BCUT2D eigenvalue weighted by molar-refractivity contribution is -0.137. The Hall–Kier alpha value is -2.63. The number of carboxylic acid groups (broad SMARTS) is 1. The molecule has 6 nitrogen and oxygen atoms in total. The monoisotopic (exact) mass is 328 g/mol. The molecule has 3 rings (SSSR count). The summed E-state index contributed by atoms with van der Waals surface area (Å²) in [7, 11) is 0. The first-order valence-corrected chi connectivity index (χ1v) is 8.09. The quantitative estimate of drug-likeness (QED) is 0.814. The molecule has 0 aliphatic heterocycles. The molecule has 2 N–H and O–H groups in total. The minimum absolute atomic E-state index is 0.0252. The molecule has 0 saturated heterocycles. The number of aryl methyl sites for hydroxylation is 1. The molecule has 1 amide bonds. The number of benzene rings is 1. The number of nitrogens with zero attached hydrogens (tertiary/aromatic N) is 1. The first-order valence-electron chi connectivity index (χ1n) is 8.09. The van der Waals surface area contributed by atoms with Gasteiger partial charge in [0.2, 0.25) is 5.76 Å². The fourth-order valence-electron chi connectivity index (χ4n) is 2.63. The Bertz CT molecular complexity index is 735. The molecule has 126 valence electrons.